The number of nitrogens with zero attached hydrogens (tertiary/aromatic N) is 1. The highest BCUT2D eigenvalue weighted by molar-refractivity contribution is 5.93. The number of hydrogen-bond donors (Lipinski definition) is 3. The fourth-order valence-corrected chi connectivity index (χ4v) is 2.15. The maximum atomic E-state index is 12.2. The van der Waals surface area contributed by atoms with Crippen LogP contribution in [0.25, 0.3) is 0 Å². The summed E-state index contributed by atoms with van der Waals surface area (Å²) >= 11 is 0. The van der Waals surface area contributed by atoms with E-state index in [9.17, 15) is 9.90 Å². The van der Waals surface area contributed by atoms with E-state index in [2.05, 4.69) is 15.6 Å². The molecule has 2 aromatic rings. The molecular weight excluding hydrogens is 290 g/mol. The first-order valence-corrected chi connectivity index (χ1v) is 7.75. The van der Waals surface area contributed by atoms with Gasteiger partial charge in [0.25, 0.3) is 5.91 Å². The van der Waals surface area contributed by atoms with E-state index in [-0.39, 0.29) is 24.5 Å². The van der Waals surface area contributed by atoms with Crippen LogP contribution in [0.4, 0.5) is 5.69 Å². The molecule has 0 spiro atoms. The van der Waals surface area contributed by atoms with Crippen LogP contribution in [0.3, 0.4) is 0 Å². The quantitative estimate of drug-likeness (QED) is 0.734. The normalized spacial score (nSPS) is 12.0. The average Bonchev–Trinajstić information content (AvgIpc) is 2.58. The molecule has 1 atom stereocenters. The SMILES string of the molecule is CC(C)[C@@H](CO)Nc1ccnc(C(=O)NCc2ccccc2)c1. The minimum absolute atomic E-state index is 0.0372. The van der Waals surface area contributed by atoms with E-state index < -0.39 is 0 Å². The van der Waals surface area contributed by atoms with Gasteiger partial charge in [0.1, 0.15) is 5.69 Å². The molecule has 0 bridgehead atoms. The molecule has 0 fully saturated rings. The second kappa shape index (κ2) is 8.29. The van der Waals surface area contributed by atoms with Gasteiger partial charge in [0.15, 0.2) is 0 Å². The van der Waals surface area contributed by atoms with Crippen molar-refractivity contribution >= 4 is 11.6 Å². The zero-order valence-electron chi connectivity index (χ0n) is 13.5. The third kappa shape index (κ3) is 5.07. The second-order valence-corrected chi connectivity index (χ2v) is 5.78. The van der Waals surface area contributed by atoms with Gasteiger partial charge in [0.05, 0.1) is 12.6 Å². The third-order valence-corrected chi connectivity index (χ3v) is 3.64. The van der Waals surface area contributed by atoms with E-state index in [1.807, 2.05) is 44.2 Å². The molecule has 0 radical (unpaired) electrons. The van der Waals surface area contributed by atoms with Gasteiger partial charge in [-0.3, -0.25) is 9.78 Å². The fourth-order valence-electron chi connectivity index (χ4n) is 2.15. The third-order valence-electron chi connectivity index (χ3n) is 3.64. The minimum Gasteiger partial charge on any atom is -0.394 e. The Hall–Kier alpha value is -2.40. The lowest BCUT2D eigenvalue weighted by atomic mass is 10.1. The Kier molecular flexibility index (Phi) is 6.11. The maximum Gasteiger partial charge on any atom is 0.270 e. The van der Waals surface area contributed by atoms with E-state index in [0.29, 0.717) is 12.2 Å². The van der Waals surface area contributed by atoms with Gasteiger partial charge in [-0.1, -0.05) is 44.2 Å². The van der Waals surface area contributed by atoms with Gasteiger partial charge in [0.2, 0.25) is 0 Å². The molecule has 23 heavy (non-hydrogen) atoms. The molecule has 3 N–H and O–H groups in total. The Balaban J connectivity index is 1.99. The van der Waals surface area contributed by atoms with Crippen molar-refractivity contribution in [1.82, 2.24) is 10.3 Å². The number of aliphatic hydroxyl groups is 1. The van der Waals surface area contributed by atoms with Crippen LogP contribution in [-0.4, -0.2) is 28.6 Å². The molecule has 2 rings (SSSR count). The van der Waals surface area contributed by atoms with Crippen molar-refractivity contribution in [1.29, 1.82) is 0 Å². The number of carbonyl (C=O) groups is 1. The van der Waals surface area contributed by atoms with Crippen LogP contribution in [-0.2, 0) is 6.54 Å². The van der Waals surface area contributed by atoms with Crippen LogP contribution in [0, 0.1) is 5.92 Å². The van der Waals surface area contributed by atoms with Crippen LogP contribution in [0.5, 0.6) is 0 Å². The van der Waals surface area contributed by atoms with Gasteiger partial charge >= 0.3 is 0 Å². The highest BCUT2D eigenvalue weighted by Crippen LogP contribution is 2.13. The Morgan fingerprint density at radius 3 is 2.61 bits per heavy atom. The molecule has 0 aliphatic carbocycles. The number of aromatic nitrogens is 1. The molecule has 0 aliphatic heterocycles. The van der Waals surface area contributed by atoms with E-state index in [1.54, 1.807) is 18.3 Å². The lowest BCUT2D eigenvalue weighted by molar-refractivity contribution is 0.0946. The van der Waals surface area contributed by atoms with Crippen molar-refractivity contribution in [2.45, 2.75) is 26.4 Å². The number of anilines is 1. The van der Waals surface area contributed by atoms with E-state index in [1.165, 1.54) is 0 Å². The Labute approximate surface area is 136 Å². The Morgan fingerprint density at radius 1 is 1.22 bits per heavy atom. The average molecular weight is 313 g/mol. The van der Waals surface area contributed by atoms with Crippen molar-refractivity contribution in [2.24, 2.45) is 5.92 Å². The number of aliphatic hydroxyl groups excluding tert-OH is 1. The number of hydrogen-bond acceptors (Lipinski definition) is 4. The Morgan fingerprint density at radius 2 is 1.96 bits per heavy atom. The van der Waals surface area contributed by atoms with Crippen molar-refractivity contribution < 1.29 is 9.90 Å². The first-order chi connectivity index (χ1) is 11.1. The van der Waals surface area contributed by atoms with Crippen LogP contribution >= 0.6 is 0 Å². The number of nitrogens with one attached hydrogen (secondary N) is 2. The monoisotopic (exact) mass is 313 g/mol. The van der Waals surface area contributed by atoms with E-state index in [4.69, 9.17) is 0 Å². The standard InChI is InChI=1S/C18H23N3O2/c1-13(2)17(12-22)21-15-8-9-19-16(10-15)18(23)20-11-14-6-4-3-5-7-14/h3-10,13,17,22H,11-12H2,1-2H3,(H,19,21)(H,20,23)/t17-/m1/s1. The summed E-state index contributed by atoms with van der Waals surface area (Å²) in [5, 5.41) is 15.5. The molecule has 0 saturated heterocycles. The summed E-state index contributed by atoms with van der Waals surface area (Å²) in [6, 6.07) is 13.2. The summed E-state index contributed by atoms with van der Waals surface area (Å²) in [6.45, 7) is 4.56. The molecule has 0 unspecified atom stereocenters. The summed E-state index contributed by atoms with van der Waals surface area (Å²) in [7, 11) is 0. The van der Waals surface area contributed by atoms with Crippen molar-refractivity contribution in [3.63, 3.8) is 0 Å². The van der Waals surface area contributed by atoms with Crippen LogP contribution in [0.15, 0.2) is 48.7 Å². The number of carbonyl (C=O) groups excluding carboxylic acids is 1. The largest absolute Gasteiger partial charge is 0.394 e. The van der Waals surface area contributed by atoms with Gasteiger partial charge in [0, 0.05) is 18.4 Å². The second-order valence-electron chi connectivity index (χ2n) is 5.78. The lowest BCUT2D eigenvalue weighted by Crippen LogP contribution is -2.30. The van der Waals surface area contributed by atoms with Crippen LogP contribution < -0.4 is 10.6 Å². The zero-order valence-corrected chi connectivity index (χ0v) is 13.5. The van der Waals surface area contributed by atoms with Gasteiger partial charge in [-0.25, -0.2) is 0 Å². The van der Waals surface area contributed by atoms with Crippen LogP contribution in [0.2, 0.25) is 0 Å². The molecule has 122 valence electrons. The number of benzene rings is 1. The number of pyridine rings is 1. The van der Waals surface area contributed by atoms with Crippen molar-refractivity contribution in [3.8, 4) is 0 Å². The molecule has 1 aromatic heterocycles. The number of amides is 1. The highest BCUT2D eigenvalue weighted by atomic mass is 16.3. The molecule has 1 aromatic carbocycles. The Bertz CT molecular complexity index is 629. The molecule has 5 nitrogen and oxygen atoms in total. The summed E-state index contributed by atoms with van der Waals surface area (Å²) in [6.07, 6.45) is 1.59. The summed E-state index contributed by atoms with van der Waals surface area (Å²) in [4.78, 5) is 16.3. The van der Waals surface area contributed by atoms with E-state index in [0.717, 1.165) is 11.3 Å². The predicted molar refractivity (Wildman–Crippen MR) is 91.2 cm³/mol. The van der Waals surface area contributed by atoms with Gasteiger partial charge in [-0.05, 0) is 23.6 Å². The summed E-state index contributed by atoms with van der Waals surface area (Å²) in [5.41, 5.74) is 2.17. The molecule has 1 amide bonds. The molecule has 1 heterocycles. The first-order valence-electron chi connectivity index (χ1n) is 7.75. The minimum atomic E-state index is -0.220. The lowest BCUT2D eigenvalue weighted by Gasteiger charge is -2.21. The maximum absolute atomic E-state index is 12.2. The van der Waals surface area contributed by atoms with Gasteiger partial charge < -0.3 is 15.7 Å². The van der Waals surface area contributed by atoms with Crippen molar-refractivity contribution in [3.05, 3.63) is 59.9 Å². The first kappa shape index (κ1) is 17.0. The molecule has 0 saturated carbocycles. The van der Waals surface area contributed by atoms with Crippen LogP contribution in [0.1, 0.15) is 29.9 Å². The fraction of sp³-hybridized carbons (Fsp3) is 0.333. The van der Waals surface area contributed by atoms with Gasteiger partial charge in [-0.15, -0.1) is 0 Å². The zero-order chi connectivity index (χ0) is 16.7. The topological polar surface area (TPSA) is 74.2 Å². The smallest absolute Gasteiger partial charge is 0.270 e. The molecule has 0 aliphatic rings. The summed E-state index contributed by atoms with van der Waals surface area (Å²) in [5.74, 6) is 0.0612. The van der Waals surface area contributed by atoms with E-state index >= 15 is 0 Å². The number of rotatable bonds is 7. The summed E-state index contributed by atoms with van der Waals surface area (Å²) < 4.78 is 0. The molecule has 5 heteroatoms. The van der Waals surface area contributed by atoms with Crippen molar-refractivity contribution in [2.75, 3.05) is 11.9 Å². The molecular formula is C18H23N3O2. The van der Waals surface area contributed by atoms with Gasteiger partial charge in [-0.2, -0.15) is 0 Å². The highest BCUT2D eigenvalue weighted by Gasteiger charge is 2.13. The predicted octanol–water partition coefficient (Wildman–Crippen LogP) is 2.44.